The summed E-state index contributed by atoms with van der Waals surface area (Å²) in [5.74, 6) is 0.160. The van der Waals surface area contributed by atoms with Crippen LogP contribution in [0.25, 0.3) is 21.8 Å². The molecule has 0 bridgehead atoms. The highest BCUT2D eigenvalue weighted by atomic mass is 32.1. The van der Waals surface area contributed by atoms with E-state index in [0.717, 1.165) is 53.6 Å². The summed E-state index contributed by atoms with van der Waals surface area (Å²) in [5, 5.41) is 10.3. The standard InChI is InChI=1S/C24H29FN4O3S/c1-16(14-31-2)29-23(18-3-5-19(25)6-4-18)21(13-27-29)24-28-20(15-33-24)11-22(30)26-12-17-7-9-32-10-8-17/h3-6,13,15-17H,7-12,14H2,1-2H3,(H,26,30). The monoisotopic (exact) mass is 472 g/mol. The molecule has 3 heterocycles. The van der Waals surface area contributed by atoms with Crippen LogP contribution in [0.5, 0.6) is 0 Å². The maximum atomic E-state index is 13.5. The van der Waals surface area contributed by atoms with E-state index in [9.17, 15) is 9.18 Å². The first-order chi connectivity index (χ1) is 16.0. The van der Waals surface area contributed by atoms with E-state index < -0.39 is 0 Å². The molecule has 9 heteroatoms. The summed E-state index contributed by atoms with van der Waals surface area (Å²) < 4.78 is 26.1. The summed E-state index contributed by atoms with van der Waals surface area (Å²) in [6.07, 6.45) is 3.98. The van der Waals surface area contributed by atoms with E-state index in [-0.39, 0.29) is 24.2 Å². The molecule has 2 aromatic heterocycles. The van der Waals surface area contributed by atoms with Crippen LogP contribution in [0.2, 0.25) is 0 Å². The van der Waals surface area contributed by atoms with Crippen molar-refractivity contribution in [2.24, 2.45) is 5.92 Å². The van der Waals surface area contributed by atoms with Crippen LogP contribution in [0.1, 0.15) is 31.5 Å². The van der Waals surface area contributed by atoms with E-state index >= 15 is 0 Å². The molecule has 0 spiro atoms. The second kappa shape index (κ2) is 11.0. The fourth-order valence-electron chi connectivity index (χ4n) is 4.01. The van der Waals surface area contributed by atoms with Crippen molar-refractivity contribution in [2.45, 2.75) is 32.2 Å². The largest absolute Gasteiger partial charge is 0.382 e. The summed E-state index contributed by atoms with van der Waals surface area (Å²) in [5.41, 5.74) is 3.27. The van der Waals surface area contributed by atoms with Gasteiger partial charge in [0, 0.05) is 37.8 Å². The minimum atomic E-state index is -0.292. The predicted octanol–water partition coefficient (Wildman–Crippen LogP) is 4.11. The Balaban J connectivity index is 1.52. The van der Waals surface area contributed by atoms with E-state index in [2.05, 4.69) is 10.4 Å². The molecule has 1 aliphatic heterocycles. The highest BCUT2D eigenvalue weighted by molar-refractivity contribution is 7.13. The van der Waals surface area contributed by atoms with E-state index in [0.29, 0.717) is 19.1 Å². The normalized spacial score (nSPS) is 15.5. The van der Waals surface area contributed by atoms with Gasteiger partial charge in [0.05, 0.1) is 42.2 Å². The summed E-state index contributed by atoms with van der Waals surface area (Å²) in [4.78, 5) is 17.2. The quantitative estimate of drug-likeness (QED) is 0.507. The number of nitrogens with one attached hydrogen (secondary N) is 1. The van der Waals surface area contributed by atoms with Gasteiger partial charge in [-0.3, -0.25) is 9.48 Å². The first-order valence-corrected chi connectivity index (χ1v) is 12.0. The van der Waals surface area contributed by atoms with Gasteiger partial charge in [0.25, 0.3) is 0 Å². The molecule has 0 aliphatic carbocycles. The summed E-state index contributed by atoms with van der Waals surface area (Å²) in [6.45, 7) is 4.72. The molecule has 0 saturated carbocycles. The van der Waals surface area contributed by atoms with Gasteiger partial charge in [-0.1, -0.05) is 0 Å². The van der Waals surface area contributed by atoms with Gasteiger partial charge in [0.2, 0.25) is 5.91 Å². The molecule has 1 N–H and O–H groups in total. The summed E-state index contributed by atoms with van der Waals surface area (Å²) in [6, 6.07) is 6.34. The third kappa shape index (κ3) is 5.85. The zero-order valence-corrected chi connectivity index (χ0v) is 19.7. The number of hydrogen-bond donors (Lipinski definition) is 1. The van der Waals surface area contributed by atoms with Crippen molar-refractivity contribution in [1.29, 1.82) is 0 Å². The number of hydrogen-bond acceptors (Lipinski definition) is 6. The van der Waals surface area contributed by atoms with Gasteiger partial charge in [-0.2, -0.15) is 5.10 Å². The molecule has 1 fully saturated rings. The molecule has 1 saturated heterocycles. The van der Waals surface area contributed by atoms with Crippen molar-refractivity contribution >= 4 is 17.2 Å². The van der Waals surface area contributed by atoms with Gasteiger partial charge < -0.3 is 14.8 Å². The van der Waals surface area contributed by atoms with Crippen molar-refractivity contribution in [2.75, 3.05) is 33.5 Å². The number of benzene rings is 1. The number of carbonyl (C=O) groups excluding carboxylic acids is 1. The summed E-state index contributed by atoms with van der Waals surface area (Å²) >= 11 is 1.47. The van der Waals surface area contributed by atoms with Gasteiger partial charge in [-0.25, -0.2) is 9.37 Å². The molecule has 1 aliphatic rings. The fraction of sp³-hybridized carbons (Fsp3) is 0.458. The smallest absolute Gasteiger partial charge is 0.226 e. The van der Waals surface area contributed by atoms with Crippen molar-refractivity contribution in [1.82, 2.24) is 20.1 Å². The number of carbonyl (C=O) groups is 1. The number of nitrogens with zero attached hydrogens (tertiary/aromatic N) is 3. The average Bonchev–Trinajstić information content (AvgIpc) is 3.46. The molecule has 7 nitrogen and oxygen atoms in total. The second-order valence-electron chi connectivity index (χ2n) is 8.34. The van der Waals surface area contributed by atoms with E-state index in [1.54, 1.807) is 25.4 Å². The number of rotatable bonds is 9. The molecule has 33 heavy (non-hydrogen) atoms. The lowest BCUT2D eigenvalue weighted by molar-refractivity contribution is -0.120. The van der Waals surface area contributed by atoms with Gasteiger partial charge >= 0.3 is 0 Å². The zero-order chi connectivity index (χ0) is 23.2. The lowest BCUT2D eigenvalue weighted by Crippen LogP contribution is -2.33. The maximum Gasteiger partial charge on any atom is 0.226 e. The average molecular weight is 473 g/mol. The Bertz CT molecular complexity index is 1060. The van der Waals surface area contributed by atoms with Crippen molar-refractivity contribution in [3.8, 4) is 21.8 Å². The van der Waals surface area contributed by atoms with Crippen LogP contribution in [0.4, 0.5) is 4.39 Å². The van der Waals surface area contributed by atoms with E-state index in [4.69, 9.17) is 14.5 Å². The minimum Gasteiger partial charge on any atom is -0.382 e. The molecular weight excluding hydrogens is 443 g/mol. The molecule has 4 rings (SSSR count). The maximum absolute atomic E-state index is 13.5. The Hall–Kier alpha value is -2.62. The van der Waals surface area contributed by atoms with Gasteiger partial charge in [-0.15, -0.1) is 11.3 Å². The second-order valence-corrected chi connectivity index (χ2v) is 9.20. The van der Waals surface area contributed by atoms with Crippen LogP contribution in [0.3, 0.4) is 0 Å². The van der Waals surface area contributed by atoms with Crippen LogP contribution in [0.15, 0.2) is 35.8 Å². The lowest BCUT2D eigenvalue weighted by Gasteiger charge is -2.22. The van der Waals surface area contributed by atoms with Gasteiger partial charge in [-0.05, 0) is 49.9 Å². The molecule has 0 radical (unpaired) electrons. The summed E-state index contributed by atoms with van der Waals surface area (Å²) in [7, 11) is 1.65. The van der Waals surface area contributed by atoms with Crippen LogP contribution in [-0.4, -0.2) is 54.1 Å². The van der Waals surface area contributed by atoms with Crippen LogP contribution < -0.4 is 5.32 Å². The van der Waals surface area contributed by atoms with Gasteiger partial charge in [0.15, 0.2) is 0 Å². The van der Waals surface area contributed by atoms with Gasteiger partial charge in [0.1, 0.15) is 10.8 Å². The minimum absolute atomic E-state index is 0.0146. The molecule has 1 atom stereocenters. The van der Waals surface area contributed by atoms with Crippen molar-refractivity contribution in [3.63, 3.8) is 0 Å². The molecule has 1 amide bonds. The Morgan fingerprint density at radius 2 is 2.09 bits per heavy atom. The van der Waals surface area contributed by atoms with Crippen LogP contribution in [0, 0.1) is 11.7 Å². The fourth-order valence-corrected chi connectivity index (χ4v) is 4.84. The number of amides is 1. The zero-order valence-electron chi connectivity index (χ0n) is 18.9. The highest BCUT2D eigenvalue weighted by Crippen LogP contribution is 2.35. The lowest BCUT2D eigenvalue weighted by atomic mass is 10.0. The highest BCUT2D eigenvalue weighted by Gasteiger charge is 2.21. The Kier molecular flexibility index (Phi) is 7.85. The Labute approximate surface area is 196 Å². The third-order valence-electron chi connectivity index (χ3n) is 5.79. The first-order valence-electron chi connectivity index (χ1n) is 11.2. The molecule has 1 unspecified atom stereocenters. The Morgan fingerprint density at radius 1 is 1.33 bits per heavy atom. The predicted molar refractivity (Wildman–Crippen MR) is 126 cm³/mol. The molecule has 3 aromatic rings. The number of ether oxygens (including phenoxy) is 2. The first kappa shape index (κ1) is 23.5. The van der Waals surface area contributed by atoms with Crippen molar-refractivity contribution < 1.29 is 18.7 Å². The Morgan fingerprint density at radius 3 is 2.82 bits per heavy atom. The molecule has 176 valence electrons. The van der Waals surface area contributed by atoms with Crippen LogP contribution in [-0.2, 0) is 20.7 Å². The third-order valence-corrected chi connectivity index (χ3v) is 6.72. The molecular formula is C24H29FN4O3S. The topological polar surface area (TPSA) is 78.3 Å². The molecule has 1 aromatic carbocycles. The number of thiazole rings is 1. The SMILES string of the molecule is COCC(C)n1ncc(-c2nc(CC(=O)NCC3CCOCC3)cs2)c1-c1ccc(F)cc1. The van der Waals surface area contributed by atoms with E-state index in [1.807, 2.05) is 17.0 Å². The van der Waals surface area contributed by atoms with E-state index in [1.165, 1.54) is 23.5 Å². The number of methoxy groups -OCH3 is 1. The number of halogens is 1. The number of aromatic nitrogens is 3. The van der Waals surface area contributed by atoms with Crippen LogP contribution >= 0.6 is 11.3 Å². The van der Waals surface area contributed by atoms with Crippen molar-refractivity contribution in [3.05, 3.63) is 47.4 Å².